The normalized spacial score (nSPS) is 25.9. The number of amides is 1. The van der Waals surface area contributed by atoms with Crippen molar-refractivity contribution in [3.8, 4) is 0 Å². The van der Waals surface area contributed by atoms with E-state index in [-0.39, 0.29) is 18.1 Å². The summed E-state index contributed by atoms with van der Waals surface area (Å²) in [5.74, 6) is 0.978. The lowest BCUT2D eigenvalue weighted by atomic mass is 10.0. The van der Waals surface area contributed by atoms with E-state index < -0.39 is 0 Å². The van der Waals surface area contributed by atoms with Crippen LogP contribution in [0.15, 0.2) is 30.3 Å². The molecular formula is C17H24N2O2. The van der Waals surface area contributed by atoms with E-state index in [1.807, 2.05) is 30.0 Å². The van der Waals surface area contributed by atoms with Gasteiger partial charge in [-0.3, -0.25) is 4.79 Å². The molecule has 1 aliphatic heterocycles. The monoisotopic (exact) mass is 288 g/mol. The fourth-order valence-electron chi connectivity index (χ4n) is 2.84. The first-order chi connectivity index (χ1) is 10.2. The SMILES string of the molecule is CC1CN(C(=O)CNCC2CC2)C(c2ccccc2)CO1. The Morgan fingerprint density at radius 3 is 2.81 bits per heavy atom. The van der Waals surface area contributed by atoms with Gasteiger partial charge >= 0.3 is 0 Å². The second kappa shape index (κ2) is 6.58. The summed E-state index contributed by atoms with van der Waals surface area (Å²) in [6.45, 7) is 4.69. The largest absolute Gasteiger partial charge is 0.374 e. The summed E-state index contributed by atoms with van der Waals surface area (Å²) in [5, 5.41) is 3.30. The van der Waals surface area contributed by atoms with Gasteiger partial charge in [-0.25, -0.2) is 0 Å². The minimum Gasteiger partial charge on any atom is -0.374 e. The Kier molecular flexibility index (Phi) is 4.56. The predicted molar refractivity (Wildman–Crippen MR) is 81.9 cm³/mol. The van der Waals surface area contributed by atoms with Gasteiger partial charge in [-0.2, -0.15) is 0 Å². The van der Waals surface area contributed by atoms with Gasteiger partial charge in [-0.1, -0.05) is 30.3 Å². The van der Waals surface area contributed by atoms with E-state index in [0.717, 1.165) is 18.0 Å². The maximum absolute atomic E-state index is 12.5. The summed E-state index contributed by atoms with van der Waals surface area (Å²) in [4.78, 5) is 14.5. The van der Waals surface area contributed by atoms with E-state index in [1.165, 1.54) is 12.8 Å². The smallest absolute Gasteiger partial charge is 0.237 e. The third kappa shape index (κ3) is 3.83. The summed E-state index contributed by atoms with van der Waals surface area (Å²) in [7, 11) is 0. The van der Waals surface area contributed by atoms with E-state index >= 15 is 0 Å². The van der Waals surface area contributed by atoms with Crippen LogP contribution in [0.2, 0.25) is 0 Å². The number of nitrogens with one attached hydrogen (secondary N) is 1. The molecule has 0 radical (unpaired) electrons. The van der Waals surface area contributed by atoms with E-state index in [2.05, 4.69) is 17.4 Å². The summed E-state index contributed by atoms with van der Waals surface area (Å²) >= 11 is 0. The van der Waals surface area contributed by atoms with Crippen molar-refractivity contribution in [1.29, 1.82) is 0 Å². The fourth-order valence-corrected chi connectivity index (χ4v) is 2.84. The Labute approximate surface area is 126 Å². The summed E-state index contributed by atoms with van der Waals surface area (Å²) in [6, 6.07) is 10.2. The molecule has 2 aliphatic rings. The highest BCUT2D eigenvalue weighted by Gasteiger charge is 2.31. The number of hydrogen-bond donors (Lipinski definition) is 1. The number of rotatable bonds is 5. The summed E-state index contributed by atoms with van der Waals surface area (Å²) in [5.41, 5.74) is 1.15. The van der Waals surface area contributed by atoms with Crippen LogP contribution in [0.5, 0.6) is 0 Å². The van der Waals surface area contributed by atoms with Crippen LogP contribution < -0.4 is 5.32 Å². The molecule has 0 bridgehead atoms. The fraction of sp³-hybridized carbons (Fsp3) is 0.588. The highest BCUT2D eigenvalue weighted by atomic mass is 16.5. The zero-order valence-corrected chi connectivity index (χ0v) is 12.6. The first kappa shape index (κ1) is 14.5. The third-order valence-corrected chi connectivity index (χ3v) is 4.28. The lowest BCUT2D eigenvalue weighted by Crippen LogP contribution is -2.49. The van der Waals surface area contributed by atoms with E-state index in [1.54, 1.807) is 0 Å². The van der Waals surface area contributed by atoms with Crippen molar-refractivity contribution in [2.24, 2.45) is 5.92 Å². The van der Waals surface area contributed by atoms with Crippen LogP contribution in [0, 0.1) is 5.92 Å². The van der Waals surface area contributed by atoms with Crippen LogP contribution >= 0.6 is 0 Å². The van der Waals surface area contributed by atoms with Crippen molar-refractivity contribution in [2.45, 2.75) is 31.9 Å². The van der Waals surface area contributed by atoms with Gasteiger partial charge in [-0.15, -0.1) is 0 Å². The molecule has 1 aliphatic carbocycles. The molecule has 1 heterocycles. The van der Waals surface area contributed by atoms with Crippen LogP contribution in [-0.2, 0) is 9.53 Å². The molecule has 3 rings (SSSR count). The van der Waals surface area contributed by atoms with Gasteiger partial charge in [0.2, 0.25) is 5.91 Å². The standard InChI is InChI=1S/C17H24N2O2/c1-13-11-19(17(20)10-18-9-14-7-8-14)16(12-21-13)15-5-3-2-4-6-15/h2-6,13-14,16,18H,7-12H2,1H3. The number of morpholine rings is 1. The number of hydrogen-bond acceptors (Lipinski definition) is 3. The van der Waals surface area contributed by atoms with Crippen molar-refractivity contribution in [3.63, 3.8) is 0 Å². The van der Waals surface area contributed by atoms with Crippen LogP contribution in [0.25, 0.3) is 0 Å². The maximum atomic E-state index is 12.5. The summed E-state index contributed by atoms with van der Waals surface area (Å²) < 4.78 is 5.76. The average Bonchev–Trinajstić information content (AvgIpc) is 3.32. The average molecular weight is 288 g/mol. The third-order valence-electron chi connectivity index (χ3n) is 4.28. The van der Waals surface area contributed by atoms with Gasteiger partial charge in [0.1, 0.15) is 0 Å². The summed E-state index contributed by atoms with van der Waals surface area (Å²) in [6.07, 6.45) is 2.72. The minimum atomic E-state index is 0.0395. The molecule has 1 aromatic rings. The first-order valence-electron chi connectivity index (χ1n) is 7.91. The minimum absolute atomic E-state index is 0.0395. The molecule has 4 nitrogen and oxygen atoms in total. The van der Waals surface area contributed by atoms with E-state index in [4.69, 9.17) is 4.74 Å². The number of benzene rings is 1. The van der Waals surface area contributed by atoms with Gasteiger partial charge in [0.05, 0.1) is 25.3 Å². The van der Waals surface area contributed by atoms with Gasteiger partial charge in [0.25, 0.3) is 0 Å². The van der Waals surface area contributed by atoms with Crippen LogP contribution in [0.1, 0.15) is 31.4 Å². The molecule has 1 aromatic carbocycles. The number of carbonyl (C=O) groups is 1. The van der Waals surface area contributed by atoms with Gasteiger partial charge in [0, 0.05) is 6.54 Å². The molecule has 114 valence electrons. The second-order valence-electron chi connectivity index (χ2n) is 6.19. The number of nitrogens with zero attached hydrogens (tertiary/aromatic N) is 1. The van der Waals surface area contributed by atoms with Crippen molar-refractivity contribution < 1.29 is 9.53 Å². The molecule has 4 heteroatoms. The number of ether oxygens (including phenoxy) is 1. The zero-order chi connectivity index (χ0) is 14.7. The Balaban J connectivity index is 1.64. The van der Waals surface area contributed by atoms with Crippen LogP contribution in [0.4, 0.5) is 0 Å². The molecule has 2 unspecified atom stereocenters. The first-order valence-corrected chi connectivity index (χ1v) is 7.91. The molecule has 1 amide bonds. The Morgan fingerprint density at radius 2 is 2.10 bits per heavy atom. The molecule has 21 heavy (non-hydrogen) atoms. The van der Waals surface area contributed by atoms with Crippen molar-refractivity contribution >= 4 is 5.91 Å². The molecule has 2 fully saturated rings. The van der Waals surface area contributed by atoms with Gasteiger partial charge < -0.3 is 15.0 Å². The number of carbonyl (C=O) groups excluding carboxylic acids is 1. The van der Waals surface area contributed by atoms with Crippen molar-refractivity contribution in [2.75, 3.05) is 26.2 Å². The molecule has 1 saturated heterocycles. The Bertz CT molecular complexity index is 473. The maximum Gasteiger partial charge on any atom is 0.237 e. The molecule has 1 saturated carbocycles. The van der Waals surface area contributed by atoms with E-state index in [0.29, 0.717) is 19.7 Å². The molecule has 1 N–H and O–H groups in total. The highest BCUT2D eigenvalue weighted by Crippen LogP contribution is 2.28. The molecule has 0 aromatic heterocycles. The molecule has 2 atom stereocenters. The van der Waals surface area contributed by atoms with E-state index in [9.17, 15) is 4.79 Å². The van der Waals surface area contributed by atoms with Crippen LogP contribution in [0.3, 0.4) is 0 Å². The van der Waals surface area contributed by atoms with Crippen molar-refractivity contribution in [1.82, 2.24) is 10.2 Å². The highest BCUT2D eigenvalue weighted by molar-refractivity contribution is 5.79. The molecule has 0 spiro atoms. The second-order valence-corrected chi connectivity index (χ2v) is 6.19. The zero-order valence-electron chi connectivity index (χ0n) is 12.6. The Hall–Kier alpha value is -1.39. The van der Waals surface area contributed by atoms with Gasteiger partial charge in [-0.05, 0) is 37.8 Å². The Morgan fingerprint density at radius 1 is 1.33 bits per heavy atom. The van der Waals surface area contributed by atoms with Crippen LogP contribution in [-0.4, -0.2) is 43.2 Å². The topological polar surface area (TPSA) is 41.6 Å². The van der Waals surface area contributed by atoms with Crippen molar-refractivity contribution in [3.05, 3.63) is 35.9 Å². The lowest BCUT2D eigenvalue weighted by molar-refractivity contribution is -0.143. The molecular weight excluding hydrogens is 264 g/mol. The predicted octanol–water partition coefficient (Wildman–Crippen LogP) is 1.97. The quantitative estimate of drug-likeness (QED) is 0.901. The lowest BCUT2D eigenvalue weighted by Gasteiger charge is -2.39. The van der Waals surface area contributed by atoms with Gasteiger partial charge in [0.15, 0.2) is 0 Å².